The third-order valence-corrected chi connectivity index (χ3v) is 5.43. The number of methoxy groups -OCH3 is 2. The molecule has 0 saturated heterocycles. The molecule has 1 amide bonds. The minimum absolute atomic E-state index is 0.0187. The van der Waals surface area contributed by atoms with Gasteiger partial charge in [-0.05, 0) is 18.2 Å². The van der Waals surface area contributed by atoms with Crippen molar-refractivity contribution in [3.05, 3.63) is 60.2 Å². The van der Waals surface area contributed by atoms with Gasteiger partial charge in [-0.1, -0.05) is 12.1 Å². The number of nitrogens with one attached hydrogen (secondary N) is 2. The van der Waals surface area contributed by atoms with Crippen LogP contribution in [0.5, 0.6) is 11.5 Å². The molecule has 0 radical (unpaired) electrons. The van der Waals surface area contributed by atoms with Crippen LogP contribution in [0, 0.1) is 5.82 Å². The van der Waals surface area contributed by atoms with E-state index in [4.69, 9.17) is 9.47 Å². The summed E-state index contributed by atoms with van der Waals surface area (Å²) >= 11 is 0. The summed E-state index contributed by atoms with van der Waals surface area (Å²) in [6, 6.07) is 7.63. The molecule has 1 aromatic heterocycles. The molecule has 30 heavy (non-hydrogen) atoms. The topological polar surface area (TPSA) is 112 Å². The molecule has 0 unspecified atom stereocenters. The Morgan fingerprint density at radius 3 is 2.50 bits per heavy atom. The van der Waals surface area contributed by atoms with Gasteiger partial charge >= 0.3 is 0 Å². The van der Waals surface area contributed by atoms with Crippen LogP contribution in [-0.2, 0) is 17.1 Å². The first-order chi connectivity index (χ1) is 14.2. The highest BCUT2D eigenvalue weighted by molar-refractivity contribution is 7.92. The van der Waals surface area contributed by atoms with Crippen molar-refractivity contribution >= 4 is 27.3 Å². The fraction of sp³-hybridized carbons (Fsp3) is 0.158. The van der Waals surface area contributed by atoms with Crippen LogP contribution in [0.2, 0.25) is 0 Å². The summed E-state index contributed by atoms with van der Waals surface area (Å²) in [6.07, 6.45) is 3.00. The molecule has 0 saturated carbocycles. The fourth-order valence-electron chi connectivity index (χ4n) is 2.69. The van der Waals surface area contributed by atoms with Gasteiger partial charge < -0.3 is 14.8 Å². The van der Waals surface area contributed by atoms with Gasteiger partial charge in [0.2, 0.25) is 0 Å². The van der Waals surface area contributed by atoms with Gasteiger partial charge in [0, 0.05) is 19.3 Å². The van der Waals surface area contributed by atoms with Gasteiger partial charge in [-0.3, -0.25) is 14.2 Å². The number of sulfonamides is 1. The summed E-state index contributed by atoms with van der Waals surface area (Å²) in [5.74, 6) is -1.31. The second kappa shape index (κ2) is 8.41. The van der Waals surface area contributed by atoms with E-state index in [1.165, 1.54) is 49.4 Å². The van der Waals surface area contributed by atoms with E-state index in [0.717, 1.165) is 12.1 Å². The molecule has 1 heterocycles. The Bertz CT molecular complexity index is 1190. The van der Waals surface area contributed by atoms with E-state index in [1.807, 2.05) is 0 Å². The van der Waals surface area contributed by atoms with Crippen molar-refractivity contribution in [2.75, 3.05) is 24.3 Å². The van der Waals surface area contributed by atoms with E-state index in [-0.39, 0.29) is 27.6 Å². The van der Waals surface area contributed by atoms with E-state index in [1.54, 1.807) is 13.2 Å². The lowest BCUT2D eigenvalue weighted by Crippen LogP contribution is -2.18. The molecular formula is C19H19FN4O5S. The second-order valence-electron chi connectivity index (χ2n) is 6.15. The molecule has 0 aliphatic heterocycles. The third kappa shape index (κ3) is 4.35. The average molecular weight is 434 g/mol. The average Bonchev–Trinajstić information content (AvgIpc) is 3.12. The van der Waals surface area contributed by atoms with Gasteiger partial charge in [0.05, 0.1) is 42.3 Å². The monoisotopic (exact) mass is 434 g/mol. The lowest BCUT2D eigenvalue weighted by Gasteiger charge is -2.16. The van der Waals surface area contributed by atoms with Gasteiger partial charge in [-0.2, -0.15) is 5.10 Å². The van der Waals surface area contributed by atoms with Crippen molar-refractivity contribution < 1.29 is 27.1 Å². The maximum absolute atomic E-state index is 13.9. The van der Waals surface area contributed by atoms with E-state index in [0.29, 0.717) is 5.69 Å². The zero-order valence-electron chi connectivity index (χ0n) is 16.3. The summed E-state index contributed by atoms with van der Waals surface area (Å²) in [6.45, 7) is 0. The first kappa shape index (κ1) is 21.1. The summed E-state index contributed by atoms with van der Waals surface area (Å²) in [5, 5.41) is 6.57. The quantitative estimate of drug-likeness (QED) is 0.591. The molecule has 3 rings (SSSR count). The molecule has 3 aromatic rings. The number of carbonyl (C=O) groups is 1. The molecule has 0 spiro atoms. The number of aryl methyl sites for hydroxylation is 1. The van der Waals surface area contributed by atoms with Crippen molar-refractivity contribution in [2.24, 2.45) is 7.05 Å². The standard InChI is InChI=1S/C19H19FN4O5S/c1-24-11-12(10-21-24)22-19(25)14-8-13(9-17(28-2)18(14)29-3)30(26,27)23-16-7-5-4-6-15(16)20/h4-11,23H,1-3H3,(H,22,25). The van der Waals surface area contributed by atoms with Crippen LogP contribution in [0.25, 0.3) is 0 Å². The number of amides is 1. The minimum atomic E-state index is -4.24. The van der Waals surface area contributed by atoms with Crippen LogP contribution in [0.15, 0.2) is 53.7 Å². The van der Waals surface area contributed by atoms with E-state index < -0.39 is 21.7 Å². The molecule has 0 bridgehead atoms. The fourth-order valence-corrected chi connectivity index (χ4v) is 3.80. The molecule has 0 aliphatic carbocycles. The van der Waals surface area contributed by atoms with Crippen molar-refractivity contribution in [3.8, 4) is 11.5 Å². The maximum atomic E-state index is 13.9. The Morgan fingerprint density at radius 2 is 1.90 bits per heavy atom. The maximum Gasteiger partial charge on any atom is 0.262 e. The number of ether oxygens (including phenoxy) is 2. The first-order valence-corrected chi connectivity index (χ1v) is 10.1. The number of carbonyl (C=O) groups excluding carboxylic acids is 1. The Labute approximate surface area is 172 Å². The lowest BCUT2D eigenvalue weighted by atomic mass is 10.1. The number of para-hydroxylation sites is 1. The molecule has 0 fully saturated rings. The summed E-state index contributed by atoms with van der Waals surface area (Å²) in [7, 11) is 0.0720. The first-order valence-electron chi connectivity index (χ1n) is 8.58. The number of rotatable bonds is 7. The zero-order chi connectivity index (χ0) is 21.9. The van der Waals surface area contributed by atoms with E-state index in [2.05, 4.69) is 15.1 Å². The highest BCUT2D eigenvalue weighted by Gasteiger charge is 2.25. The van der Waals surface area contributed by atoms with E-state index in [9.17, 15) is 17.6 Å². The highest BCUT2D eigenvalue weighted by Crippen LogP contribution is 2.35. The van der Waals surface area contributed by atoms with Gasteiger partial charge in [-0.15, -0.1) is 0 Å². The van der Waals surface area contributed by atoms with Crippen molar-refractivity contribution in [1.29, 1.82) is 0 Å². The Morgan fingerprint density at radius 1 is 1.17 bits per heavy atom. The van der Waals surface area contributed by atoms with Crippen LogP contribution in [0.4, 0.5) is 15.8 Å². The smallest absolute Gasteiger partial charge is 0.262 e. The van der Waals surface area contributed by atoms with Gasteiger partial charge in [0.1, 0.15) is 5.82 Å². The van der Waals surface area contributed by atoms with Gasteiger partial charge in [0.15, 0.2) is 11.5 Å². The number of hydrogen-bond acceptors (Lipinski definition) is 6. The van der Waals surface area contributed by atoms with E-state index >= 15 is 0 Å². The number of halogens is 1. The predicted molar refractivity (Wildman–Crippen MR) is 108 cm³/mol. The largest absolute Gasteiger partial charge is 0.493 e. The minimum Gasteiger partial charge on any atom is -0.493 e. The van der Waals surface area contributed by atoms with Crippen LogP contribution < -0.4 is 19.5 Å². The molecule has 2 N–H and O–H groups in total. The van der Waals surface area contributed by atoms with Crippen LogP contribution in [-0.4, -0.2) is 38.3 Å². The number of anilines is 2. The molecule has 0 aliphatic rings. The van der Waals surface area contributed by atoms with Crippen molar-refractivity contribution in [3.63, 3.8) is 0 Å². The molecule has 158 valence electrons. The lowest BCUT2D eigenvalue weighted by molar-refractivity contribution is 0.102. The van der Waals surface area contributed by atoms with Crippen molar-refractivity contribution in [2.45, 2.75) is 4.90 Å². The molecule has 9 nitrogen and oxygen atoms in total. The number of aromatic nitrogens is 2. The van der Waals surface area contributed by atoms with Gasteiger partial charge in [0.25, 0.3) is 15.9 Å². The van der Waals surface area contributed by atoms with Crippen LogP contribution in [0.3, 0.4) is 0 Å². The number of benzene rings is 2. The van der Waals surface area contributed by atoms with Crippen LogP contribution in [0.1, 0.15) is 10.4 Å². The summed E-state index contributed by atoms with van der Waals surface area (Å²) < 4.78 is 53.7. The molecule has 2 aromatic carbocycles. The number of nitrogens with zero attached hydrogens (tertiary/aromatic N) is 2. The molecule has 11 heteroatoms. The highest BCUT2D eigenvalue weighted by atomic mass is 32.2. The van der Waals surface area contributed by atoms with Gasteiger partial charge in [-0.25, -0.2) is 12.8 Å². The third-order valence-electron chi connectivity index (χ3n) is 4.09. The second-order valence-corrected chi connectivity index (χ2v) is 7.83. The zero-order valence-corrected chi connectivity index (χ0v) is 17.2. The normalized spacial score (nSPS) is 11.1. The van der Waals surface area contributed by atoms with Crippen molar-refractivity contribution in [1.82, 2.24) is 9.78 Å². The Kier molecular flexibility index (Phi) is 5.92. The summed E-state index contributed by atoms with van der Waals surface area (Å²) in [5.41, 5.74) is 0.0875. The molecule has 0 atom stereocenters. The SMILES string of the molecule is COc1cc(S(=O)(=O)Nc2ccccc2F)cc(C(=O)Nc2cnn(C)c2)c1OC. The Hall–Kier alpha value is -3.60. The molecular weight excluding hydrogens is 415 g/mol. The predicted octanol–water partition coefficient (Wildman–Crippen LogP) is 2.63. The Balaban J connectivity index is 2.04. The summed E-state index contributed by atoms with van der Waals surface area (Å²) in [4.78, 5) is 12.5. The number of hydrogen-bond donors (Lipinski definition) is 2. The van der Waals surface area contributed by atoms with Crippen LogP contribution >= 0.6 is 0 Å².